The monoisotopic (exact) mass is 169 g/mol. The largest absolute Gasteiger partial charge is 0.383 e. The van der Waals surface area contributed by atoms with Crippen LogP contribution in [0.3, 0.4) is 0 Å². The highest BCUT2D eigenvalue weighted by atomic mass is 16.2. The molecule has 0 aliphatic heterocycles. The van der Waals surface area contributed by atoms with E-state index in [4.69, 9.17) is 11.5 Å². The van der Waals surface area contributed by atoms with E-state index in [1.165, 1.54) is 12.3 Å². The first kappa shape index (κ1) is 8.05. The quantitative estimate of drug-likeness (QED) is 0.471. The van der Waals surface area contributed by atoms with Crippen molar-refractivity contribution in [3.05, 3.63) is 22.7 Å². The predicted octanol–water partition coefficient (Wildman–Crippen LogP) is -1.55. The molecule has 1 rings (SSSR count). The fraction of sp³-hybridized carbons (Fsp3) is 0. The maximum absolute atomic E-state index is 10.9. The Balaban J connectivity index is 3.02. The molecular weight excluding hydrogens is 162 g/mol. The first-order valence-electron chi connectivity index (χ1n) is 3.01. The molecule has 0 aliphatic rings. The SMILES string of the molecule is NC(=O)Nn1ccc(N)nc1=O. The fourth-order valence-electron chi connectivity index (χ4n) is 0.620. The Labute approximate surface area is 67.0 Å². The lowest BCUT2D eigenvalue weighted by Crippen LogP contribution is -2.37. The molecule has 0 saturated heterocycles. The lowest BCUT2D eigenvalue weighted by molar-refractivity contribution is 0.256. The highest BCUT2D eigenvalue weighted by Gasteiger charge is 1.97. The van der Waals surface area contributed by atoms with Gasteiger partial charge in [0, 0.05) is 6.20 Å². The van der Waals surface area contributed by atoms with Crippen molar-refractivity contribution in [1.82, 2.24) is 9.66 Å². The van der Waals surface area contributed by atoms with Crippen LogP contribution in [0.4, 0.5) is 10.6 Å². The number of rotatable bonds is 1. The lowest BCUT2D eigenvalue weighted by Gasteiger charge is -2.02. The number of nitrogens with zero attached hydrogens (tertiary/aromatic N) is 2. The number of hydrogen-bond acceptors (Lipinski definition) is 4. The van der Waals surface area contributed by atoms with Gasteiger partial charge in [-0.1, -0.05) is 0 Å². The van der Waals surface area contributed by atoms with Gasteiger partial charge >= 0.3 is 11.7 Å². The summed E-state index contributed by atoms with van der Waals surface area (Å²) in [6.45, 7) is 0. The molecule has 64 valence electrons. The molecule has 0 bridgehead atoms. The second kappa shape index (κ2) is 2.91. The number of hydrogen-bond donors (Lipinski definition) is 3. The number of aromatic nitrogens is 2. The van der Waals surface area contributed by atoms with Crippen LogP contribution in [-0.4, -0.2) is 15.7 Å². The molecule has 5 N–H and O–H groups in total. The Kier molecular flexibility index (Phi) is 1.95. The van der Waals surface area contributed by atoms with Crippen molar-refractivity contribution in [3.8, 4) is 0 Å². The number of urea groups is 1. The van der Waals surface area contributed by atoms with E-state index in [9.17, 15) is 9.59 Å². The normalized spacial score (nSPS) is 9.33. The zero-order chi connectivity index (χ0) is 9.14. The summed E-state index contributed by atoms with van der Waals surface area (Å²) in [5.41, 5.74) is 11.3. The van der Waals surface area contributed by atoms with Gasteiger partial charge in [0.1, 0.15) is 5.82 Å². The van der Waals surface area contributed by atoms with E-state index in [1.807, 2.05) is 5.43 Å². The molecule has 7 heteroatoms. The van der Waals surface area contributed by atoms with Gasteiger partial charge in [0.2, 0.25) is 0 Å². The molecule has 0 atom stereocenters. The number of amides is 2. The van der Waals surface area contributed by atoms with Gasteiger partial charge in [-0.3, -0.25) is 0 Å². The number of carbonyl (C=O) groups is 1. The Hall–Kier alpha value is -2.05. The molecule has 0 radical (unpaired) electrons. The highest BCUT2D eigenvalue weighted by molar-refractivity contribution is 5.79. The molecule has 0 aliphatic carbocycles. The van der Waals surface area contributed by atoms with Crippen molar-refractivity contribution in [2.45, 2.75) is 0 Å². The first-order chi connectivity index (χ1) is 5.59. The minimum Gasteiger partial charge on any atom is -0.383 e. The number of anilines is 1. The van der Waals surface area contributed by atoms with Gasteiger partial charge in [-0.25, -0.2) is 19.7 Å². The van der Waals surface area contributed by atoms with Crippen LogP contribution >= 0.6 is 0 Å². The van der Waals surface area contributed by atoms with E-state index in [-0.39, 0.29) is 5.82 Å². The van der Waals surface area contributed by atoms with Crippen molar-refractivity contribution in [3.63, 3.8) is 0 Å². The van der Waals surface area contributed by atoms with Crippen molar-refractivity contribution in [2.24, 2.45) is 5.73 Å². The van der Waals surface area contributed by atoms with Crippen LogP contribution in [0.15, 0.2) is 17.1 Å². The average Bonchev–Trinajstić information content (AvgIpc) is 1.94. The van der Waals surface area contributed by atoms with Crippen LogP contribution in [0.1, 0.15) is 0 Å². The van der Waals surface area contributed by atoms with E-state index < -0.39 is 11.7 Å². The summed E-state index contributed by atoms with van der Waals surface area (Å²) in [6.07, 6.45) is 1.26. The summed E-state index contributed by atoms with van der Waals surface area (Å²) < 4.78 is 0.832. The van der Waals surface area contributed by atoms with Crippen molar-refractivity contribution in [1.29, 1.82) is 0 Å². The summed E-state index contributed by atoms with van der Waals surface area (Å²) in [4.78, 5) is 24.5. The second-order valence-corrected chi connectivity index (χ2v) is 1.98. The lowest BCUT2D eigenvalue weighted by atomic mass is 10.6. The molecule has 2 amide bonds. The molecule has 0 saturated carbocycles. The van der Waals surface area contributed by atoms with E-state index in [0.717, 1.165) is 4.68 Å². The predicted molar refractivity (Wildman–Crippen MR) is 41.9 cm³/mol. The van der Waals surface area contributed by atoms with Gasteiger partial charge in [-0.2, -0.15) is 4.98 Å². The fourth-order valence-corrected chi connectivity index (χ4v) is 0.620. The van der Waals surface area contributed by atoms with Gasteiger partial charge in [0.25, 0.3) is 0 Å². The van der Waals surface area contributed by atoms with Gasteiger partial charge in [0.15, 0.2) is 0 Å². The maximum Gasteiger partial charge on any atom is 0.368 e. The third kappa shape index (κ3) is 1.72. The van der Waals surface area contributed by atoms with Crippen LogP contribution in [0.25, 0.3) is 0 Å². The van der Waals surface area contributed by atoms with E-state index in [0.29, 0.717) is 0 Å². The van der Waals surface area contributed by atoms with E-state index in [2.05, 4.69) is 4.98 Å². The molecule has 0 spiro atoms. The molecule has 0 fully saturated rings. The number of carbonyl (C=O) groups excluding carboxylic acids is 1. The van der Waals surface area contributed by atoms with Gasteiger partial charge in [0.05, 0.1) is 0 Å². The Morgan fingerprint density at radius 3 is 2.83 bits per heavy atom. The van der Waals surface area contributed by atoms with Gasteiger partial charge in [-0.15, -0.1) is 0 Å². The zero-order valence-electron chi connectivity index (χ0n) is 6.02. The summed E-state index contributed by atoms with van der Waals surface area (Å²) in [6, 6.07) is 0.515. The molecule has 1 heterocycles. The molecule has 1 aromatic heterocycles. The summed E-state index contributed by atoms with van der Waals surface area (Å²) in [5.74, 6) is 0.0857. The molecule has 7 nitrogen and oxygen atoms in total. The molecule has 12 heavy (non-hydrogen) atoms. The maximum atomic E-state index is 10.9. The minimum atomic E-state index is -0.844. The summed E-state index contributed by atoms with van der Waals surface area (Å²) in [5, 5.41) is 0. The van der Waals surface area contributed by atoms with Crippen molar-refractivity contribution < 1.29 is 4.79 Å². The van der Waals surface area contributed by atoms with Crippen LogP contribution in [0.2, 0.25) is 0 Å². The molecular formula is C5H7N5O2. The first-order valence-corrected chi connectivity index (χ1v) is 3.01. The minimum absolute atomic E-state index is 0.0857. The van der Waals surface area contributed by atoms with Crippen molar-refractivity contribution >= 4 is 11.8 Å². The Morgan fingerprint density at radius 1 is 1.67 bits per heavy atom. The van der Waals surface area contributed by atoms with Crippen LogP contribution in [0.5, 0.6) is 0 Å². The number of primary amides is 1. The standard InChI is InChI=1S/C5H7N5O2/c6-3-1-2-10(5(12)8-3)9-4(7)11/h1-2H,(H2,6,8,12)(H3,7,9,11). The van der Waals surface area contributed by atoms with Crippen LogP contribution < -0.4 is 22.6 Å². The number of nitrogen functional groups attached to an aromatic ring is 1. The van der Waals surface area contributed by atoms with E-state index in [1.54, 1.807) is 0 Å². The van der Waals surface area contributed by atoms with Crippen molar-refractivity contribution in [2.75, 3.05) is 11.2 Å². The average molecular weight is 169 g/mol. The topological polar surface area (TPSA) is 116 Å². The Morgan fingerprint density at radius 2 is 2.33 bits per heavy atom. The third-order valence-electron chi connectivity index (χ3n) is 1.06. The zero-order valence-corrected chi connectivity index (χ0v) is 6.02. The van der Waals surface area contributed by atoms with E-state index >= 15 is 0 Å². The smallest absolute Gasteiger partial charge is 0.368 e. The summed E-state index contributed by atoms with van der Waals surface area (Å²) in [7, 11) is 0. The van der Waals surface area contributed by atoms with Gasteiger partial charge < -0.3 is 11.5 Å². The van der Waals surface area contributed by atoms with Crippen LogP contribution in [0, 0.1) is 0 Å². The highest BCUT2D eigenvalue weighted by Crippen LogP contribution is 1.86. The van der Waals surface area contributed by atoms with Crippen LogP contribution in [-0.2, 0) is 0 Å². The number of nitrogens with one attached hydrogen (secondary N) is 1. The number of nitrogens with two attached hydrogens (primary N) is 2. The summed E-state index contributed by atoms with van der Waals surface area (Å²) >= 11 is 0. The Bertz CT molecular complexity index is 357. The second-order valence-electron chi connectivity index (χ2n) is 1.98. The third-order valence-corrected chi connectivity index (χ3v) is 1.06. The molecule has 1 aromatic rings. The molecule has 0 aromatic carbocycles. The molecule has 0 unspecified atom stereocenters. The van der Waals surface area contributed by atoms with Gasteiger partial charge in [-0.05, 0) is 6.07 Å².